The average molecular weight is 208 g/mol. The second-order valence-electron chi connectivity index (χ2n) is 2.43. The van der Waals surface area contributed by atoms with Gasteiger partial charge < -0.3 is 0 Å². The zero-order chi connectivity index (χ0) is 9.10. The van der Waals surface area contributed by atoms with Crippen molar-refractivity contribution in [1.29, 1.82) is 0 Å². The zero-order valence-corrected chi connectivity index (χ0v) is 8.57. The van der Waals surface area contributed by atoms with E-state index in [0.29, 0.717) is 0 Å². The second-order valence-corrected chi connectivity index (χ2v) is 4.32. The molecule has 0 saturated heterocycles. The minimum atomic E-state index is 0.829. The van der Waals surface area contributed by atoms with Crippen LogP contribution in [0.15, 0.2) is 35.5 Å². The lowest BCUT2D eigenvalue weighted by Crippen LogP contribution is -1.84. The maximum absolute atomic E-state index is 4.40. The molecule has 2 aromatic rings. The van der Waals surface area contributed by atoms with E-state index >= 15 is 0 Å². The molecule has 0 aromatic carbocycles. The normalized spacial score (nSPS) is 10.5. The summed E-state index contributed by atoms with van der Waals surface area (Å²) in [6.45, 7) is 3.65. The summed E-state index contributed by atoms with van der Waals surface area (Å²) in [7, 11) is 0. The van der Waals surface area contributed by atoms with Crippen molar-refractivity contribution in [2.24, 2.45) is 0 Å². The molecular formula is C9H8N2S2. The highest BCUT2D eigenvalue weighted by Crippen LogP contribution is 2.20. The van der Waals surface area contributed by atoms with E-state index in [1.807, 2.05) is 23.7 Å². The Balaban J connectivity index is 2.31. The Morgan fingerprint density at radius 2 is 2.54 bits per heavy atom. The number of nitrogens with zero attached hydrogens (tertiary/aromatic N) is 2. The number of hydrogen-bond acceptors (Lipinski definition) is 4. The van der Waals surface area contributed by atoms with Crippen LogP contribution in [0.1, 0.15) is 0 Å². The van der Waals surface area contributed by atoms with Gasteiger partial charge in [0.25, 0.3) is 0 Å². The number of thiophene rings is 1. The van der Waals surface area contributed by atoms with E-state index in [2.05, 4.69) is 16.5 Å². The van der Waals surface area contributed by atoms with Crippen molar-refractivity contribution in [2.45, 2.75) is 5.16 Å². The van der Waals surface area contributed by atoms with Gasteiger partial charge in [0.2, 0.25) is 0 Å². The minimum Gasteiger partial charge on any atom is -0.230 e. The van der Waals surface area contributed by atoms with Crippen molar-refractivity contribution in [3.8, 4) is 0 Å². The van der Waals surface area contributed by atoms with Gasteiger partial charge in [-0.15, -0.1) is 17.9 Å². The van der Waals surface area contributed by atoms with Gasteiger partial charge in [0.15, 0.2) is 5.16 Å². The van der Waals surface area contributed by atoms with Gasteiger partial charge in [-0.2, -0.15) is 0 Å². The predicted molar refractivity (Wildman–Crippen MR) is 58.3 cm³/mol. The molecule has 0 aliphatic heterocycles. The van der Waals surface area contributed by atoms with Crippen molar-refractivity contribution >= 4 is 33.3 Å². The molecule has 0 spiro atoms. The molecule has 2 heterocycles. The number of thioether (sulfide) groups is 1. The summed E-state index contributed by atoms with van der Waals surface area (Å²) in [5.41, 5.74) is 0. The summed E-state index contributed by atoms with van der Waals surface area (Å²) in [5.74, 6) is 0.858. The number of rotatable bonds is 3. The quantitative estimate of drug-likeness (QED) is 0.440. The Bertz CT molecular complexity index is 422. The first-order valence-corrected chi connectivity index (χ1v) is 5.70. The topological polar surface area (TPSA) is 25.8 Å². The number of fused-ring (bicyclic) bond motifs is 1. The summed E-state index contributed by atoms with van der Waals surface area (Å²) in [6.07, 6.45) is 3.72. The van der Waals surface area contributed by atoms with E-state index in [1.54, 1.807) is 23.1 Å². The fourth-order valence-corrected chi connectivity index (χ4v) is 2.29. The van der Waals surface area contributed by atoms with E-state index in [0.717, 1.165) is 21.1 Å². The summed E-state index contributed by atoms with van der Waals surface area (Å²) in [6, 6.07) is 2.03. The molecule has 0 unspecified atom stereocenters. The first-order chi connectivity index (χ1) is 6.40. The van der Waals surface area contributed by atoms with Gasteiger partial charge in [0.05, 0.1) is 0 Å². The maximum atomic E-state index is 4.40. The summed E-state index contributed by atoms with van der Waals surface area (Å²) >= 11 is 3.25. The van der Waals surface area contributed by atoms with Crippen molar-refractivity contribution < 1.29 is 0 Å². The summed E-state index contributed by atoms with van der Waals surface area (Å²) < 4.78 is 0. The highest BCUT2D eigenvalue weighted by Gasteiger charge is 1.99. The molecule has 0 aliphatic carbocycles. The van der Waals surface area contributed by atoms with Crippen molar-refractivity contribution in [3.63, 3.8) is 0 Å². The van der Waals surface area contributed by atoms with Gasteiger partial charge in [-0.25, -0.2) is 9.97 Å². The van der Waals surface area contributed by atoms with Crippen molar-refractivity contribution in [2.75, 3.05) is 5.75 Å². The van der Waals surface area contributed by atoms with E-state index in [9.17, 15) is 0 Å². The lowest BCUT2D eigenvalue weighted by atomic mass is 10.4. The maximum Gasteiger partial charge on any atom is 0.189 e. The Morgan fingerprint density at radius 3 is 3.38 bits per heavy atom. The first-order valence-electron chi connectivity index (χ1n) is 3.84. The van der Waals surface area contributed by atoms with Gasteiger partial charge in [0.1, 0.15) is 4.83 Å². The first kappa shape index (κ1) is 8.72. The standard InChI is InChI=1S/C9H8N2S2/c1-2-4-13-9-10-6-7-3-5-12-8(7)11-9/h2-3,5-6H,1,4H2. The molecule has 0 aliphatic rings. The third-order valence-corrected chi connectivity index (χ3v) is 3.20. The highest BCUT2D eigenvalue weighted by molar-refractivity contribution is 7.99. The molecule has 2 rings (SSSR count). The molecular weight excluding hydrogens is 200 g/mol. The van der Waals surface area contributed by atoms with Crippen LogP contribution in [-0.4, -0.2) is 15.7 Å². The van der Waals surface area contributed by atoms with Crippen LogP contribution in [0.25, 0.3) is 10.2 Å². The molecule has 0 atom stereocenters. The van der Waals surface area contributed by atoms with Crippen LogP contribution < -0.4 is 0 Å². The molecule has 0 saturated carbocycles. The highest BCUT2D eigenvalue weighted by atomic mass is 32.2. The van der Waals surface area contributed by atoms with E-state index in [4.69, 9.17) is 0 Å². The molecule has 0 radical (unpaired) electrons. The van der Waals surface area contributed by atoms with Gasteiger partial charge in [-0.3, -0.25) is 0 Å². The van der Waals surface area contributed by atoms with Gasteiger partial charge >= 0.3 is 0 Å². The molecule has 2 nitrogen and oxygen atoms in total. The molecule has 0 N–H and O–H groups in total. The van der Waals surface area contributed by atoms with Crippen molar-refractivity contribution in [1.82, 2.24) is 9.97 Å². The SMILES string of the molecule is C=CCSc1ncc2ccsc2n1. The molecule has 0 fully saturated rings. The van der Waals surface area contributed by atoms with Crippen molar-refractivity contribution in [3.05, 3.63) is 30.3 Å². The largest absolute Gasteiger partial charge is 0.230 e. The van der Waals surface area contributed by atoms with Gasteiger partial charge in [-0.05, 0) is 11.4 Å². The van der Waals surface area contributed by atoms with Crippen LogP contribution in [-0.2, 0) is 0 Å². The Labute approximate surface area is 84.7 Å². The third-order valence-electron chi connectivity index (χ3n) is 1.52. The Hall–Kier alpha value is -0.870. The minimum absolute atomic E-state index is 0.829. The predicted octanol–water partition coefficient (Wildman–Crippen LogP) is 2.97. The molecule has 66 valence electrons. The van der Waals surface area contributed by atoms with Crippen LogP contribution in [0, 0.1) is 0 Å². The fraction of sp³-hybridized carbons (Fsp3) is 0.111. The fourth-order valence-electron chi connectivity index (χ4n) is 0.944. The van der Waals surface area contributed by atoms with Gasteiger partial charge in [-0.1, -0.05) is 17.8 Å². The molecule has 13 heavy (non-hydrogen) atoms. The third kappa shape index (κ3) is 1.89. The summed E-state index contributed by atoms with van der Waals surface area (Å²) in [4.78, 5) is 9.68. The molecule has 0 amide bonds. The van der Waals surface area contributed by atoms with Crippen LogP contribution >= 0.6 is 23.1 Å². The molecule has 2 aromatic heterocycles. The van der Waals surface area contributed by atoms with Crippen LogP contribution in [0.5, 0.6) is 0 Å². The second kappa shape index (κ2) is 3.89. The molecule has 4 heteroatoms. The lowest BCUT2D eigenvalue weighted by Gasteiger charge is -1.95. The van der Waals surface area contributed by atoms with Gasteiger partial charge in [0, 0.05) is 17.3 Å². The van der Waals surface area contributed by atoms with Crippen LogP contribution in [0.2, 0.25) is 0 Å². The van der Waals surface area contributed by atoms with E-state index in [-0.39, 0.29) is 0 Å². The van der Waals surface area contributed by atoms with Crippen LogP contribution in [0.3, 0.4) is 0 Å². The Kier molecular flexibility index (Phi) is 2.61. The number of aromatic nitrogens is 2. The summed E-state index contributed by atoms with van der Waals surface area (Å²) in [5, 5.41) is 3.98. The molecule has 0 bridgehead atoms. The Morgan fingerprint density at radius 1 is 1.62 bits per heavy atom. The lowest BCUT2D eigenvalue weighted by molar-refractivity contribution is 1.01. The van der Waals surface area contributed by atoms with E-state index < -0.39 is 0 Å². The van der Waals surface area contributed by atoms with E-state index in [1.165, 1.54) is 0 Å². The number of hydrogen-bond donors (Lipinski definition) is 0. The monoisotopic (exact) mass is 208 g/mol. The zero-order valence-electron chi connectivity index (χ0n) is 6.93. The van der Waals surface area contributed by atoms with Crippen LogP contribution in [0.4, 0.5) is 0 Å². The smallest absolute Gasteiger partial charge is 0.189 e. The average Bonchev–Trinajstić information content (AvgIpc) is 2.61.